The molecule has 0 bridgehead atoms. The first-order valence-electron chi connectivity index (χ1n) is 14.8. The van der Waals surface area contributed by atoms with E-state index in [1.807, 2.05) is 37.4 Å². The molecule has 0 spiro atoms. The number of para-hydroxylation sites is 1. The quantitative estimate of drug-likeness (QED) is 0.225. The van der Waals surface area contributed by atoms with Gasteiger partial charge in [-0.1, -0.05) is 62.6 Å². The van der Waals surface area contributed by atoms with Gasteiger partial charge in [0.15, 0.2) is 6.29 Å². The molecule has 1 aliphatic carbocycles. The van der Waals surface area contributed by atoms with Crippen LogP contribution in [0.25, 0.3) is 11.5 Å². The standard InChI is InChI=1S/C26H34N4O3.C7H9N/c1-4-6-18-10-9-16(2)11-21(18)26-30-29-25(33-26)20-8-5-7-19(13-20)24(32)28-23(15-31)22-12-17(3)14-27-22;1-8-7-5-3-2-4-6-7/h9-11,15,17,19-20,27H,4-8,12-14H2,1-3H3,(H,28,32);2-6,8H,1H3/b23-22+;. The number of carbonyl (C=O) groups is 2. The molecule has 8 nitrogen and oxygen atoms in total. The topological polar surface area (TPSA) is 109 Å². The number of nitrogens with one attached hydrogen (secondary N) is 3. The van der Waals surface area contributed by atoms with Gasteiger partial charge in [0.25, 0.3) is 0 Å². The molecule has 2 aliphatic rings. The normalized spacial score (nSPS) is 21.2. The van der Waals surface area contributed by atoms with Crippen LogP contribution >= 0.6 is 0 Å². The van der Waals surface area contributed by atoms with Crippen LogP contribution in [0.3, 0.4) is 0 Å². The molecule has 3 aromatic rings. The lowest BCUT2D eigenvalue weighted by atomic mass is 9.81. The average Bonchev–Trinajstić information content (AvgIpc) is 3.67. The number of rotatable bonds is 8. The Morgan fingerprint density at radius 1 is 1.15 bits per heavy atom. The van der Waals surface area contributed by atoms with Crippen LogP contribution in [0.5, 0.6) is 0 Å². The summed E-state index contributed by atoms with van der Waals surface area (Å²) in [7, 11) is 1.91. The molecule has 1 saturated carbocycles. The number of aromatic nitrogens is 2. The molecule has 218 valence electrons. The van der Waals surface area contributed by atoms with E-state index in [0.29, 0.717) is 29.8 Å². The molecule has 3 N–H and O–H groups in total. The van der Waals surface area contributed by atoms with Gasteiger partial charge >= 0.3 is 0 Å². The molecule has 8 heteroatoms. The van der Waals surface area contributed by atoms with Gasteiger partial charge in [-0.2, -0.15) is 0 Å². The first-order valence-corrected chi connectivity index (χ1v) is 14.8. The average molecular weight is 558 g/mol. The third kappa shape index (κ3) is 8.06. The molecule has 3 unspecified atom stereocenters. The van der Waals surface area contributed by atoms with Crippen LogP contribution in [0.2, 0.25) is 0 Å². The highest BCUT2D eigenvalue weighted by Gasteiger charge is 2.32. The lowest BCUT2D eigenvalue weighted by molar-refractivity contribution is -0.126. The highest BCUT2D eigenvalue weighted by Crippen LogP contribution is 2.37. The highest BCUT2D eigenvalue weighted by molar-refractivity contribution is 5.88. The fraction of sp³-hybridized carbons (Fsp3) is 0.455. The van der Waals surface area contributed by atoms with Crippen molar-refractivity contribution in [2.75, 3.05) is 18.9 Å². The van der Waals surface area contributed by atoms with Crippen molar-refractivity contribution in [3.8, 4) is 11.5 Å². The van der Waals surface area contributed by atoms with Crippen molar-refractivity contribution in [2.24, 2.45) is 11.8 Å². The molecule has 2 aromatic carbocycles. The zero-order valence-electron chi connectivity index (χ0n) is 24.7. The minimum atomic E-state index is -0.178. The smallest absolute Gasteiger partial charge is 0.248 e. The van der Waals surface area contributed by atoms with Crippen molar-refractivity contribution >= 4 is 17.9 Å². The van der Waals surface area contributed by atoms with Crippen LogP contribution in [-0.2, 0) is 16.0 Å². The molecule has 0 radical (unpaired) electrons. The first kappa shape index (κ1) is 30.0. The summed E-state index contributed by atoms with van der Waals surface area (Å²) >= 11 is 0. The number of carbonyl (C=O) groups excluding carboxylic acids is 2. The van der Waals surface area contributed by atoms with Gasteiger partial charge in [-0.15, -0.1) is 10.2 Å². The SMILES string of the molecule is CCCc1ccc(C)cc1-c1nnc(C2CCCC(C(=O)N/C(C=O)=C3\CC(C)CN3)C2)o1.CNc1ccccc1. The molecular formula is C33H43N5O3. The van der Waals surface area contributed by atoms with Gasteiger partial charge in [-0.3, -0.25) is 9.59 Å². The summed E-state index contributed by atoms with van der Waals surface area (Å²) in [6.07, 6.45) is 6.81. The van der Waals surface area contributed by atoms with Gasteiger partial charge in [-0.25, -0.2) is 0 Å². The van der Waals surface area contributed by atoms with E-state index < -0.39 is 0 Å². The van der Waals surface area contributed by atoms with E-state index in [-0.39, 0.29) is 17.7 Å². The largest absolute Gasteiger partial charge is 0.420 e. The van der Waals surface area contributed by atoms with Gasteiger partial charge in [0.2, 0.25) is 17.7 Å². The van der Waals surface area contributed by atoms with Crippen LogP contribution in [0.1, 0.15) is 75.3 Å². The van der Waals surface area contributed by atoms with Crippen LogP contribution < -0.4 is 16.0 Å². The number of benzene rings is 2. The Bertz CT molecular complexity index is 1330. The summed E-state index contributed by atoms with van der Waals surface area (Å²) < 4.78 is 6.15. The zero-order valence-corrected chi connectivity index (χ0v) is 24.7. The van der Waals surface area contributed by atoms with E-state index in [0.717, 1.165) is 73.9 Å². The Hall–Kier alpha value is -3.94. The first-order chi connectivity index (χ1) is 19.9. The van der Waals surface area contributed by atoms with Gasteiger partial charge in [0.1, 0.15) is 5.70 Å². The van der Waals surface area contributed by atoms with Crippen LogP contribution in [-0.4, -0.2) is 36.0 Å². The lowest BCUT2D eigenvalue weighted by Crippen LogP contribution is -2.34. The number of amides is 1. The summed E-state index contributed by atoms with van der Waals surface area (Å²) in [5.41, 5.74) is 5.73. The Morgan fingerprint density at radius 3 is 2.61 bits per heavy atom. The minimum absolute atomic E-state index is 0.0483. The molecule has 2 heterocycles. The number of allylic oxidation sites excluding steroid dienone is 2. The van der Waals surface area contributed by atoms with Gasteiger partial charge in [0.05, 0.1) is 0 Å². The molecule has 2 fully saturated rings. The van der Waals surface area contributed by atoms with E-state index in [9.17, 15) is 9.59 Å². The van der Waals surface area contributed by atoms with Crippen molar-refractivity contribution in [2.45, 2.75) is 71.6 Å². The third-order valence-electron chi connectivity index (χ3n) is 7.83. The second-order valence-electron chi connectivity index (χ2n) is 11.2. The zero-order chi connectivity index (χ0) is 29.2. The summed E-state index contributed by atoms with van der Waals surface area (Å²) in [6, 6.07) is 16.4. The number of anilines is 1. The van der Waals surface area contributed by atoms with E-state index >= 15 is 0 Å². The predicted octanol–water partition coefficient (Wildman–Crippen LogP) is 6.16. The number of hydrogen-bond donors (Lipinski definition) is 3. The summed E-state index contributed by atoms with van der Waals surface area (Å²) in [5, 5.41) is 17.9. The highest BCUT2D eigenvalue weighted by atomic mass is 16.4. The fourth-order valence-corrected chi connectivity index (χ4v) is 5.55. The summed E-state index contributed by atoms with van der Waals surface area (Å²) in [4.78, 5) is 24.6. The monoisotopic (exact) mass is 557 g/mol. The maximum Gasteiger partial charge on any atom is 0.248 e. The number of aryl methyl sites for hydroxylation is 2. The van der Waals surface area contributed by atoms with Crippen molar-refractivity contribution in [1.29, 1.82) is 0 Å². The molecule has 1 aliphatic heterocycles. The fourth-order valence-electron chi connectivity index (χ4n) is 5.55. The number of nitrogens with zero attached hydrogens (tertiary/aromatic N) is 2. The number of hydrogen-bond acceptors (Lipinski definition) is 7. The second-order valence-corrected chi connectivity index (χ2v) is 11.2. The van der Waals surface area contributed by atoms with E-state index in [1.165, 1.54) is 5.56 Å². The number of aldehydes is 1. The van der Waals surface area contributed by atoms with E-state index in [4.69, 9.17) is 4.42 Å². The van der Waals surface area contributed by atoms with Crippen LogP contribution in [0.4, 0.5) is 5.69 Å². The Balaban J connectivity index is 0.000000417. The lowest BCUT2D eigenvalue weighted by Gasteiger charge is -2.26. The minimum Gasteiger partial charge on any atom is -0.420 e. The Morgan fingerprint density at radius 2 is 1.95 bits per heavy atom. The Labute approximate surface area is 243 Å². The van der Waals surface area contributed by atoms with Crippen molar-refractivity contribution in [3.63, 3.8) is 0 Å². The second kappa shape index (κ2) is 14.6. The summed E-state index contributed by atoms with van der Waals surface area (Å²) in [6.45, 7) is 7.17. The predicted molar refractivity (Wildman–Crippen MR) is 162 cm³/mol. The molecule has 5 rings (SSSR count). The Kier molecular flexibility index (Phi) is 10.7. The summed E-state index contributed by atoms with van der Waals surface area (Å²) in [5.74, 6) is 1.39. The molecule has 1 saturated heterocycles. The van der Waals surface area contributed by atoms with E-state index in [2.05, 4.69) is 65.1 Å². The molecule has 41 heavy (non-hydrogen) atoms. The van der Waals surface area contributed by atoms with Crippen LogP contribution in [0.15, 0.2) is 64.3 Å². The van der Waals surface area contributed by atoms with Crippen molar-refractivity contribution < 1.29 is 14.0 Å². The van der Waals surface area contributed by atoms with Gasteiger partial charge < -0.3 is 20.4 Å². The van der Waals surface area contributed by atoms with Crippen molar-refractivity contribution in [3.05, 3.63) is 76.9 Å². The van der Waals surface area contributed by atoms with E-state index in [1.54, 1.807) is 0 Å². The molecular weight excluding hydrogens is 514 g/mol. The molecule has 3 atom stereocenters. The maximum atomic E-state index is 13.0. The van der Waals surface area contributed by atoms with Gasteiger partial charge in [0, 0.05) is 42.4 Å². The van der Waals surface area contributed by atoms with Crippen LogP contribution in [0, 0.1) is 18.8 Å². The maximum absolute atomic E-state index is 13.0. The third-order valence-corrected chi connectivity index (χ3v) is 7.83. The molecule has 1 aromatic heterocycles. The van der Waals surface area contributed by atoms with Crippen molar-refractivity contribution in [1.82, 2.24) is 20.8 Å². The van der Waals surface area contributed by atoms with Gasteiger partial charge in [-0.05, 0) is 68.7 Å². The molecule has 1 amide bonds.